The van der Waals surface area contributed by atoms with Crippen molar-refractivity contribution in [3.63, 3.8) is 0 Å². The summed E-state index contributed by atoms with van der Waals surface area (Å²) in [4.78, 5) is 17.1. The standard InChI is InChI=1S/C24H26F4N2OS/c25-21-8-6-15(13-20(21)24(26,27)28)3-2-10-32-23-19(4-1-9-29-23)22(31)30-14-18-12-16-5-7-17(18)11-16/h1,4,6,8-9,13,16-18H,2-3,5,7,10-12,14H2,(H,30,31). The number of rotatable bonds is 8. The zero-order valence-corrected chi connectivity index (χ0v) is 18.4. The van der Waals surface area contributed by atoms with Crippen LogP contribution in [0.25, 0.3) is 0 Å². The van der Waals surface area contributed by atoms with Crippen LogP contribution in [-0.4, -0.2) is 23.2 Å². The molecule has 0 spiro atoms. The Balaban J connectivity index is 1.28. The van der Waals surface area contributed by atoms with Crippen LogP contribution in [0.5, 0.6) is 0 Å². The average molecular weight is 467 g/mol. The van der Waals surface area contributed by atoms with Crippen LogP contribution in [-0.2, 0) is 12.6 Å². The highest BCUT2D eigenvalue weighted by molar-refractivity contribution is 7.99. The van der Waals surface area contributed by atoms with Gasteiger partial charge in [-0.05, 0) is 85.4 Å². The number of alkyl halides is 3. The quantitative estimate of drug-likeness (QED) is 0.289. The third-order valence-electron chi connectivity index (χ3n) is 6.61. The van der Waals surface area contributed by atoms with E-state index in [9.17, 15) is 22.4 Å². The Morgan fingerprint density at radius 2 is 2.03 bits per heavy atom. The lowest BCUT2D eigenvalue weighted by atomic mass is 9.89. The highest BCUT2D eigenvalue weighted by Gasteiger charge is 2.39. The number of halogens is 4. The van der Waals surface area contributed by atoms with Gasteiger partial charge in [0.25, 0.3) is 5.91 Å². The Morgan fingerprint density at radius 1 is 1.19 bits per heavy atom. The van der Waals surface area contributed by atoms with E-state index in [1.807, 2.05) is 0 Å². The van der Waals surface area contributed by atoms with Crippen molar-refractivity contribution in [3.05, 3.63) is 59.0 Å². The maximum Gasteiger partial charge on any atom is 0.419 e. The zero-order valence-electron chi connectivity index (χ0n) is 17.6. The van der Waals surface area contributed by atoms with E-state index in [1.165, 1.54) is 43.5 Å². The number of benzene rings is 1. The van der Waals surface area contributed by atoms with Crippen molar-refractivity contribution in [2.45, 2.75) is 49.7 Å². The van der Waals surface area contributed by atoms with Gasteiger partial charge < -0.3 is 5.32 Å². The summed E-state index contributed by atoms with van der Waals surface area (Å²) in [5, 5.41) is 3.69. The number of aryl methyl sites for hydroxylation is 1. The van der Waals surface area contributed by atoms with Crippen molar-refractivity contribution in [3.8, 4) is 0 Å². The van der Waals surface area contributed by atoms with E-state index >= 15 is 0 Å². The molecule has 172 valence electrons. The summed E-state index contributed by atoms with van der Waals surface area (Å²) < 4.78 is 52.1. The van der Waals surface area contributed by atoms with Gasteiger partial charge in [-0.1, -0.05) is 12.5 Å². The molecular weight excluding hydrogens is 440 g/mol. The molecule has 2 aliphatic carbocycles. The third kappa shape index (κ3) is 5.45. The smallest absolute Gasteiger partial charge is 0.352 e. The fourth-order valence-corrected chi connectivity index (χ4v) is 5.95. The van der Waals surface area contributed by atoms with Gasteiger partial charge in [0.05, 0.1) is 11.1 Å². The molecule has 3 atom stereocenters. The number of carbonyl (C=O) groups excluding carboxylic acids is 1. The second-order valence-electron chi connectivity index (χ2n) is 8.77. The van der Waals surface area contributed by atoms with E-state index in [4.69, 9.17) is 0 Å². The van der Waals surface area contributed by atoms with Crippen LogP contribution in [0.3, 0.4) is 0 Å². The molecule has 0 saturated heterocycles. The number of pyridine rings is 1. The van der Waals surface area contributed by atoms with Crippen molar-refractivity contribution in [2.24, 2.45) is 17.8 Å². The van der Waals surface area contributed by atoms with Gasteiger partial charge in [-0.3, -0.25) is 4.79 Å². The maximum absolute atomic E-state index is 13.4. The molecule has 3 unspecified atom stereocenters. The van der Waals surface area contributed by atoms with E-state index in [1.54, 1.807) is 18.3 Å². The number of hydrogen-bond acceptors (Lipinski definition) is 3. The van der Waals surface area contributed by atoms with Crippen molar-refractivity contribution in [1.82, 2.24) is 10.3 Å². The number of hydrogen-bond donors (Lipinski definition) is 1. The summed E-state index contributed by atoms with van der Waals surface area (Å²) in [7, 11) is 0. The molecule has 2 aromatic rings. The predicted octanol–water partition coefficient (Wildman–Crippen LogP) is 6.13. The van der Waals surface area contributed by atoms with Gasteiger partial charge in [-0.15, -0.1) is 11.8 Å². The molecule has 8 heteroatoms. The molecule has 4 rings (SSSR count). The van der Waals surface area contributed by atoms with Gasteiger partial charge in [0.1, 0.15) is 10.8 Å². The van der Waals surface area contributed by atoms with Gasteiger partial charge >= 0.3 is 6.18 Å². The lowest BCUT2D eigenvalue weighted by Crippen LogP contribution is -2.32. The molecule has 3 nitrogen and oxygen atoms in total. The first-order chi connectivity index (χ1) is 15.3. The number of nitrogens with zero attached hydrogens (tertiary/aromatic N) is 1. The Kier molecular flexibility index (Phi) is 7.08. The fraction of sp³-hybridized carbons (Fsp3) is 0.500. The Morgan fingerprint density at radius 3 is 2.75 bits per heavy atom. The molecule has 2 saturated carbocycles. The molecule has 1 aromatic heterocycles. The SMILES string of the molecule is O=C(NCC1CC2CCC1C2)c1cccnc1SCCCc1ccc(F)c(C(F)(F)F)c1. The molecule has 2 bridgehead atoms. The summed E-state index contributed by atoms with van der Waals surface area (Å²) >= 11 is 1.41. The van der Waals surface area contributed by atoms with Crippen molar-refractivity contribution in [2.75, 3.05) is 12.3 Å². The third-order valence-corrected chi connectivity index (χ3v) is 7.70. The predicted molar refractivity (Wildman–Crippen MR) is 116 cm³/mol. The number of nitrogens with one attached hydrogen (secondary N) is 1. The number of fused-ring (bicyclic) bond motifs is 2. The second-order valence-corrected chi connectivity index (χ2v) is 9.85. The van der Waals surface area contributed by atoms with E-state index in [-0.39, 0.29) is 5.91 Å². The van der Waals surface area contributed by atoms with E-state index in [0.29, 0.717) is 47.2 Å². The monoisotopic (exact) mass is 466 g/mol. The van der Waals surface area contributed by atoms with Crippen LogP contribution in [0, 0.1) is 23.6 Å². The summed E-state index contributed by atoms with van der Waals surface area (Å²) in [6.45, 7) is 0.700. The number of thioether (sulfide) groups is 1. The summed E-state index contributed by atoms with van der Waals surface area (Å²) in [6.07, 6.45) is 3.00. The van der Waals surface area contributed by atoms with Crippen LogP contribution in [0.2, 0.25) is 0 Å². The normalized spacial score (nSPS) is 22.3. The molecular formula is C24H26F4N2OS. The van der Waals surface area contributed by atoms with Gasteiger partial charge in [0.15, 0.2) is 0 Å². The number of aromatic nitrogens is 1. The maximum atomic E-state index is 13.4. The van der Waals surface area contributed by atoms with Gasteiger partial charge in [-0.2, -0.15) is 13.2 Å². The molecule has 32 heavy (non-hydrogen) atoms. The fourth-order valence-electron chi connectivity index (χ4n) is 5.01. The summed E-state index contributed by atoms with van der Waals surface area (Å²) in [6, 6.07) is 6.59. The molecule has 1 aromatic carbocycles. The highest BCUT2D eigenvalue weighted by atomic mass is 32.2. The van der Waals surface area contributed by atoms with Gasteiger partial charge in [0.2, 0.25) is 0 Å². The van der Waals surface area contributed by atoms with Crippen molar-refractivity contribution >= 4 is 17.7 Å². The minimum absolute atomic E-state index is 0.128. The molecule has 1 heterocycles. The van der Waals surface area contributed by atoms with Crippen molar-refractivity contribution < 1.29 is 22.4 Å². The molecule has 0 aliphatic heterocycles. The second kappa shape index (κ2) is 9.81. The molecule has 1 N–H and O–H groups in total. The molecule has 2 fully saturated rings. The number of amides is 1. The van der Waals surface area contributed by atoms with Gasteiger partial charge in [0, 0.05) is 12.7 Å². The first kappa shape index (κ1) is 23.1. The van der Waals surface area contributed by atoms with E-state index in [2.05, 4.69) is 10.3 Å². The molecule has 0 radical (unpaired) electrons. The van der Waals surface area contributed by atoms with Crippen LogP contribution < -0.4 is 5.32 Å². The molecule has 2 aliphatic rings. The highest BCUT2D eigenvalue weighted by Crippen LogP contribution is 2.48. The van der Waals surface area contributed by atoms with Crippen LogP contribution >= 0.6 is 11.8 Å². The first-order valence-electron chi connectivity index (χ1n) is 11.0. The van der Waals surface area contributed by atoms with Crippen LogP contribution in [0.15, 0.2) is 41.6 Å². The van der Waals surface area contributed by atoms with Crippen LogP contribution in [0.1, 0.15) is 53.6 Å². The lowest BCUT2D eigenvalue weighted by molar-refractivity contribution is -0.140. The number of carbonyl (C=O) groups is 1. The topological polar surface area (TPSA) is 42.0 Å². The first-order valence-corrected chi connectivity index (χ1v) is 12.0. The lowest BCUT2D eigenvalue weighted by Gasteiger charge is -2.22. The van der Waals surface area contributed by atoms with Crippen LogP contribution in [0.4, 0.5) is 17.6 Å². The summed E-state index contributed by atoms with van der Waals surface area (Å²) in [5.41, 5.74) is -0.271. The van der Waals surface area contributed by atoms with E-state index < -0.39 is 17.6 Å². The average Bonchev–Trinajstić information content (AvgIpc) is 3.39. The zero-order chi connectivity index (χ0) is 22.7. The minimum Gasteiger partial charge on any atom is -0.352 e. The largest absolute Gasteiger partial charge is 0.419 e. The summed E-state index contributed by atoms with van der Waals surface area (Å²) in [5.74, 6) is 1.35. The Hall–Kier alpha value is -2.09. The Labute approximate surface area is 189 Å². The Bertz CT molecular complexity index is 965. The van der Waals surface area contributed by atoms with Gasteiger partial charge in [-0.25, -0.2) is 9.37 Å². The van der Waals surface area contributed by atoms with E-state index in [0.717, 1.165) is 24.0 Å². The van der Waals surface area contributed by atoms with Crippen molar-refractivity contribution in [1.29, 1.82) is 0 Å². The molecule has 1 amide bonds. The minimum atomic E-state index is -4.71.